The third-order valence-corrected chi connectivity index (χ3v) is 5.58. The summed E-state index contributed by atoms with van der Waals surface area (Å²) in [7, 11) is 0. The second-order valence-electron chi connectivity index (χ2n) is 6.55. The zero-order valence-electron chi connectivity index (χ0n) is 16.3. The van der Waals surface area contributed by atoms with Gasteiger partial charge in [0.1, 0.15) is 0 Å². The number of para-hydroxylation sites is 1. The van der Waals surface area contributed by atoms with Crippen LogP contribution >= 0.6 is 11.8 Å². The summed E-state index contributed by atoms with van der Waals surface area (Å²) < 4.78 is 6.93. The fraction of sp³-hybridized carbons (Fsp3) is 0.474. The summed E-state index contributed by atoms with van der Waals surface area (Å²) in [5, 5.41) is 2.44. The summed E-state index contributed by atoms with van der Waals surface area (Å²) in [5.41, 5.74) is 5.48. The predicted molar refractivity (Wildman–Crippen MR) is 109 cm³/mol. The molecular weight excluding hydrogens is 380 g/mol. The number of thioether (sulfide) groups is 1. The van der Waals surface area contributed by atoms with Gasteiger partial charge in [0, 0.05) is 19.8 Å². The summed E-state index contributed by atoms with van der Waals surface area (Å²) in [5.74, 6) is -0.611. The van der Waals surface area contributed by atoms with Gasteiger partial charge < -0.3 is 10.5 Å². The summed E-state index contributed by atoms with van der Waals surface area (Å²) in [6, 6.07) is 6.19. The quantitative estimate of drug-likeness (QED) is 0.374. The minimum Gasteiger partial charge on any atom is -0.382 e. The lowest BCUT2D eigenvalue weighted by molar-refractivity contribution is -0.120. The Kier molecular flexibility index (Phi) is 8.01. The van der Waals surface area contributed by atoms with Crippen molar-refractivity contribution in [1.29, 1.82) is 0 Å². The third kappa shape index (κ3) is 5.56. The lowest BCUT2D eigenvalue weighted by Crippen LogP contribution is -2.42. The second kappa shape index (κ2) is 10.2. The van der Waals surface area contributed by atoms with Crippen LogP contribution in [0.15, 0.2) is 34.2 Å². The largest absolute Gasteiger partial charge is 0.382 e. The Morgan fingerprint density at radius 1 is 1.32 bits per heavy atom. The topological polar surface area (TPSA) is 116 Å². The molecule has 3 amide bonds. The predicted octanol–water partition coefficient (Wildman–Crippen LogP) is 2.13. The first kappa shape index (κ1) is 21.9. The van der Waals surface area contributed by atoms with Crippen LogP contribution in [-0.2, 0) is 16.1 Å². The van der Waals surface area contributed by atoms with Gasteiger partial charge >= 0.3 is 6.03 Å². The average Bonchev–Trinajstić information content (AvgIpc) is 2.64. The molecule has 8 nitrogen and oxygen atoms in total. The van der Waals surface area contributed by atoms with Gasteiger partial charge in [-0.2, -0.15) is 0 Å². The zero-order valence-corrected chi connectivity index (χ0v) is 17.1. The molecular formula is C19H26N4O4S. The molecule has 152 valence electrons. The molecule has 2 rings (SSSR count). The van der Waals surface area contributed by atoms with Crippen molar-refractivity contribution in [3.8, 4) is 0 Å². The molecule has 1 aromatic carbocycles. The molecule has 1 atom stereocenters. The van der Waals surface area contributed by atoms with Crippen LogP contribution in [0.5, 0.6) is 0 Å². The van der Waals surface area contributed by atoms with E-state index in [-0.39, 0.29) is 11.5 Å². The number of nitrogens with one attached hydrogen (secondary N) is 1. The highest BCUT2D eigenvalue weighted by Gasteiger charge is 2.27. The molecule has 0 unspecified atom stereocenters. The van der Waals surface area contributed by atoms with Crippen molar-refractivity contribution in [3.05, 3.63) is 34.6 Å². The highest BCUT2D eigenvalue weighted by atomic mass is 32.2. The highest BCUT2D eigenvalue weighted by molar-refractivity contribution is 8.00. The summed E-state index contributed by atoms with van der Waals surface area (Å²) in [6.07, 6.45) is 0.640. The molecule has 0 spiro atoms. The minimum atomic E-state index is -0.906. The molecule has 1 aromatic heterocycles. The minimum absolute atomic E-state index is 0.107. The van der Waals surface area contributed by atoms with E-state index in [9.17, 15) is 14.4 Å². The number of hydrogen-bond donors (Lipinski definition) is 2. The molecule has 0 bridgehead atoms. The Labute approximate surface area is 167 Å². The van der Waals surface area contributed by atoms with Crippen LogP contribution in [0.25, 0.3) is 10.9 Å². The van der Waals surface area contributed by atoms with Crippen LogP contribution in [-0.4, -0.2) is 40.0 Å². The van der Waals surface area contributed by atoms with Crippen molar-refractivity contribution >= 4 is 34.6 Å². The molecule has 2 aromatic rings. The number of primary amides is 1. The number of ether oxygens (including phenoxy) is 1. The molecule has 28 heavy (non-hydrogen) atoms. The summed E-state index contributed by atoms with van der Waals surface area (Å²) in [4.78, 5) is 41.1. The van der Waals surface area contributed by atoms with Crippen molar-refractivity contribution in [2.24, 2.45) is 11.7 Å². The number of nitrogens with two attached hydrogens (primary N) is 1. The Balaban J connectivity index is 2.42. The Bertz CT molecular complexity index is 897. The van der Waals surface area contributed by atoms with Crippen LogP contribution in [0.4, 0.5) is 4.79 Å². The maximum Gasteiger partial charge on any atom is 0.318 e. The normalized spacial score (nSPS) is 12.3. The Hall–Kier alpha value is -2.39. The number of hydrogen-bond acceptors (Lipinski definition) is 6. The van der Waals surface area contributed by atoms with Crippen LogP contribution in [0.1, 0.15) is 27.2 Å². The number of carbonyl (C=O) groups excluding carboxylic acids is 2. The molecule has 0 saturated heterocycles. The Morgan fingerprint density at radius 2 is 2.04 bits per heavy atom. The van der Waals surface area contributed by atoms with Gasteiger partial charge in [-0.25, -0.2) is 9.78 Å². The van der Waals surface area contributed by atoms with E-state index in [0.717, 1.165) is 11.8 Å². The van der Waals surface area contributed by atoms with E-state index in [0.29, 0.717) is 42.2 Å². The number of fused-ring (bicyclic) bond motifs is 1. The molecule has 0 aliphatic carbocycles. The maximum absolute atomic E-state index is 13.0. The van der Waals surface area contributed by atoms with E-state index >= 15 is 0 Å². The number of nitrogens with zero attached hydrogens (tertiary/aromatic N) is 2. The van der Waals surface area contributed by atoms with E-state index in [1.807, 2.05) is 26.8 Å². The van der Waals surface area contributed by atoms with E-state index in [1.54, 1.807) is 22.8 Å². The summed E-state index contributed by atoms with van der Waals surface area (Å²) >= 11 is 1.16. The molecule has 9 heteroatoms. The smallest absolute Gasteiger partial charge is 0.318 e. The maximum atomic E-state index is 13.0. The lowest BCUT2D eigenvalue weighted by Gasteiger charge is -2.21. The second-order valence-corrected chi connectivity index (χ2v) is 7.66. The van der Waals surface area contributed by atoms with E-state index in [2.05, 4.69) is 10.3 Å². The van der Waals surface area contributed by atoms with Gasteiger partial charge in [0.05, 0.1) is 16.2 Å². The SMILES string of the molecule is CCOCCCn1c(S[C@H](C(=O)NC(N)=O)C(C)C)nc2ccccc2c1=O. The van der Waals surface area contributed by atoms with E-state index in [4.69, 9.17) is 10.5 Å². The number of urea groups is 1. The van der Waals surface area contributed by atoms with Crippen molar-refractivity contribution < 1.29 is 14.3 Å². The van der Waals surface area contributed by atoms with Crippen molar-refractivity contribution in [2.75, 3.05) is 13.2 Å². The monoisotopic (exact) mass is 406 g/mol. The van der Waals surface area contributed by atoms with Crippen molar-refractivity contribution in [1.82, 2.24) is 14.9 Å². The number of aromatic nitrogens is 2. The van der Waals surface area contributed by atoms with Gasteiger partial charge in [-0.15, -0.1) is 0 Å². The molecule has 3 N–H and O–H groups in total. The molecule has 0 aliphatic rings. The van der Waals surface area contributed by atoms with Gasteiger partial charge in [-0.05, 0) is 31.4 Å². The van der Waals surface area contributed by atoms with Crippen LogP contribution < -0.4 is 16.6 Å². The van der Waals surface area contributed by atoms with Crippen LogP contribution in [0.3, 0.4) is 0 Å². The van der Waals surface area contributed by atoms with Crippen molar-refractivity contribution in [2.45, 2.75) is 44.1 Å². The standard InChI is InChI=1S/C19H26N4O4S/c1-4-27-11-7-10-23-17(25)13-8-5-6-9-14(13)21-19(23)28-15(12(2)3)16(24)22-18(20)26/h5-6,8-9,12,15H,4,7,10-11H2,1-3H3,(H3,20,22,24,26)/t15-/m0/s1. The number of imide groups is 1. The van der Waals surface area contributed by atoms with Crippen LogP contribution in [0, 0.1) is 5.92 Å². The first-order chi connectivity index (χ1) is 13.3. The highest BCUT2D eigenvalue weighted by Crippen LogP contribution is 2.27. The van der Waals surface area contributed by atoms with Gasteiger partial charge in [0.25, 0.3) is 5.56 Å². The summed E-state index contributed by atoms with van der Waals surface area (Å²) in [6.45, 7) is 7.18. The number of rotatable bonds is 9. The molecule has 0 radical (unpaired) electrons. The first-order valence-corrected chi connectivity index (χ1v) is 10.1. The van der Waals surface area contributed by atoms with Gasteiger partial charge in [-0.1, -0.05) is 37.7 Å². The molecule has 0 saturated carbocycles. The van der Waals surface area contributed by atoms with Gasteiger partial charge in [0.15, 0.2) is 5.16 Å². The average molecular weight is 407 g/mol. The Morgan fingerprint density at radius 3 is 2.68 bits per heavy atom. The fourth-order valence-corrected chi connectivity index (χ4v) is 3.82. The lowest BCUT2D eigenvalue weighted by atomic mass is 10.1. The fourth-order valence-electron chi connectivity index (χ4n) is 2.70. The number of benzene rings is 1. The third-order valence-electron chi connectivity index (χ3n) is 4.04. The first-order valence-electron chi connectivity index (χ1n) is 9.19. The van der Waals surface area contributed by atoms with E-state index < -0.39 is 17.2 Å². The van der Waals surface area contributed by atoms with E-state index in [1.165, 1.54) is 0 Å². The molecule has 1 heterocycles. The zero-order chi connectivity index (χ0) is 20.7. The van der Waals surface area contributed by atoms with Crippen molar-refractivity contribution in [3.63, 3.8) is 0 Å². The van der Waals surface area contributed by atoms with Crippen LogP contribution in [0.2, 0.25) is 0 Å². The number of carbonyl (C=O) groups is 2. The molecule has 0 fully saturated rings. The van der Waals surface area contributed by atoms with Gasteiger partial charge in [-0.3, -0.25) is 19.5 Å². The number of amides is 3. The van der Waals surface area contributed by atoms with Gasteiger partial charge in [0.2, 0.25) is 5.91 Å². The molecule has 0 aliphatic heterocycles.